The lowest BCUT2D eigenvalue weighted by atomic mass is 9.86. The van der Waals surface area contributed by atoms with Crippen molar-refractivity contribution in [2.24, 2.45) is 5.92 Å². The van der Waals surface area contributed by atoms with Crippen LogP contribution >= 0.6 is 0 Å². The first-order chi connectivity index (χ1) is 13.0. The Morgan fingerprint density at radius 2 is 1.67 bits per heavy atom. The van der Waals surface area contributed by atoms with Gasteiger partial charge in [-0.1, -0.05) is 12.1 Å². The average molecular weight is 393 g/mol. The molecule has 7 heteroatoms. The number of piperidine rings is 1. The van der Waals surface area contributed by atoms with Gasteiger partial charge in [0, 0.05) is 33.4 Å². The third-order valence-corrected chi connectivity index (χ3v) is 7.43. The van der Waals surface area contributed by atoms with E-state index in [-0.39, 0.29) is 23.1 Å². The summed E-state index contributed by atoms with van der Waals surface area (Å²) >= 11 is 0. The second-order valence-corrected chi connectivity index (χ2v) is 9.25. The normalized spacial score (nSPS) is 24.9. The summed E-state index contributed by atoms with van der Waals surface area (Å²) in [5.41, 5.74) is 1.58. The summed E-state index contributed by atoms with van der Waals surface area (Å²) in [4.78, 5) is 23.4. The quantitative estimate of drug-likeness (QED) is 0.689. The van der Waals surface area contributed by atoms with Crippen molar-refractivity contribution >= 4 is 22.7 Å². The van der Waals surface area contributed by atoms with Gasteiger partial charge in [-0.3, -0.25) is 13.8 Å². The zero-order chi connectivity index (χ0) is 19.2. The summed E-state index contributed by atoms with van der Waals surface area (Å²) in [6, 6.07) is 7.38. The van der Waals surface area contributed by atoms with Crippen molar-refractivity contribution in [3.8, 4) is 0 Å². The molecule has 0 bridgehead atoms. The van der Waals surface area contributed by atoms with Gasteiger partial charge in [0.15, 0.2) is 0 Å². The molecule has 1 amide bonds. The number of carbonyl (C=O) groups is 2. The molecule has 2 aliphatic rings. The van der Waals surface area contributed by atoms with Gasteiger partial charge in [-0.25, -0.2) is 0 Å². The van der Waals surface area contributed by atoms with Crippen LogP contribution in [-0.4, -0.2) is 45.6 Å². The summed E-state index contributed by atoms with van der Waals surface area (Å²) in [6.07, 6.45) is 4.55. The Balaban J connectivity index is 1.48. The van der Waals surface area contributed by atoms with E-state index < -0.39 is 16.8 Å². The van der Waals surface area contributed by atoms with Gasteiger partial charge in [0.2, 0.25) is 0 Å². The zero-order valence-corrected chi connectivity index (χ0v) is 16.3. The Kier molecular flexibility index (Phi) is 7.01. The van der Waals surface area contributed by atoms with Crippen LogP contribution in [-0.2, 0) is 21.3 Å². The van der Waals surface area contributed by atoms with Gasteiger partial charge < -0.3 is 15.7 Å². The molecule has 2 fully saturated rings. The first kappa shape index (κ1) is 20.0. The maximum Gasteiger partial charge on any atom is 0.306 e. The molecule has 0 radical (unpaired) electrons. The fraction of sp³-hybridized carbons (Fsp3) is 0.600. The molecule has 1 unspecified atom stereocenters. The monoisotopic (exact) mass is 392 g/mol. The average Bonchev–Trinajstić information content (AvgIpc) is 2.69. The Hall–Kier alpha value is -1.73. The highest BCUT2D eigenvalue weighted by atomic mass is 32.2. The number of hydrogen-bond acceptors (Lipinski definition) is 4. The van der Waals surface area contributed by atoms with Crippen LogP contribution in [0.15, 0.2) is 24.3 Å². The van der Waals surface area contributed by atoms with E-state index in [1.165, 1.54) is 0 Å². The van der Waals surface area contributed by atoms with Crippen LogP contribution in [0.2, 0.25) is 0 Å². The number of amides is 1. The predicted molar refractivity (Wildman–Crippen MR) is 105 cm³/mol. The molecule has 27 heavy (non-hydrogen) atoms. The van der Waals surface area contributed by atoms with Gasteiger partial charge in [0.1, 0.15) is 0 Å². The largest absolute Gasteiger partial charge is 0.481 e. The lowest BCUT2D eigenvalue weighted by Crippen LogP contribution is -2.38. The van der Waals surface area contributed by atoms with Crippen molar-refractivity contribution in [3.63, 3.8) is 0 Å². The lowest BCUT2D eigenvalue weighted by Gasteiger charge is -2.26. The number of carboxylic acids is 1. The van der Waals surface area contributed by atoms with E-state index >= 15 is 0 Å². The Morgan fingerprint density at radius 1 is 1.04 bits per heavy atom. The minimum Gasteiger partial charge on any atom is -0.481 e. The molecule has 1 aliphatic carbocycles. The molecule has 6 nitrogen and oxygen atoms in total. The summed E-state index contributed by atoms with van der Waals surface area (Å²) in [7, 11) is -0.876. The maximum absolute atomic E-state index is 12.5. The molecule has 0 aromatic heterocycles. The van der Waals surface area contributed by atoms with E-state index in [0.29, 0.717) is 37.0 Å². The molecular weight excluding hydrogens is 364 g/mol. The smallest absolute Gasteiger partial charge is 0.306 e. The van der Waals surface area contributed by atoms with E-state index in [9.17, 15) is 13.8 Å². The highest BCUT2D eigenvalue weighted by molar-refractivity contribution is 7.84. The summed E-state index contributed by atoms with van der Waals surface area (Å²) in [5.74, 6) is -0.610. The molecular formula is C20H28N2O4S. The standard InChI is InChI=1S/C20H28N2O4S/c23-19(22-17-7-5-16(6-8-17)20(24)25)15-3-1-14(2-4-15)13-27(26)18-9-11-21-12-10-18/h1-4,16-18,21H,5-13H2,(H,22,23)(H,24,25). The van der Waals surface area contributed by atoms with Gasteiger partial charge >= 0.3 is 5.97 Å². The third kappa shape index (κ3) is 5.62. The van der Waals surface area contributed by atoms with Crippen LogP contribution < -0.4 is 10.6 Å². The van der Waals surface area contributed by atoms with Crippen molar-refractivity contribution in [3.05, 3.63) is 35.4 Å². The van der Waals surface area contributed by atoms with Crippen LogP contribution in [0.1, 0.15) is 54.4 Å². The van der Waals surface area contributed by atoms with Gasteiger partial charge in [0.25, 0.3) is 5.91 Å². The van der Waals surface area contributed by atoms with E-state index in [1.54, 1.807) is 12.1 Å². The lowest BCUT2D eigenvalue weighted by molar-refractivity contribution is -0.142. The minimum atomic E-state index is -0.876. The van der Waals surface area contributed by atoms with Crippen molar-refractivity contribution in [1.29, 1.82) is 0 Å². The number of aliphatic carboxylic acids is 1. The molecule has 1 aromatic rings. The van der Waals surface area contributed by atoms with Crippen molar-refractivity contribution in [2.75, 3.05) is 13.1 Å². The summed E-state index contributed by atoms with van der Waals surface area (Å²) in [6.45, 7) is 1.87. The van der Waals surface area contributed by atoms with Crippen molar-refractivity contribution in [2.45, 2.75) is 55.6 Å². The molecule has 1 saturated carbocycles. The van der Waals surface area contributed by atoms with Crippen LogP contribution in [0.25, 0.3) is 0 Å². The van der Waals surface area contributed by atoms with Gasteiger partial charge in [-0.15, -0.1) is 0 Å². The molecule has 1 aromatic carbocycles. The van der Waals surface area contributed by atoms with Crippen LogP contribution in [0.3, 0.4) is 0 Å². The molecule has 0 spiro atoms. The molecule has 3 N–H and O–H groups in total. The topological polar surface area (TPSA) is 95.5 Å². The van der Waals surface area contributed by atoms with Crippen LogP contribution in [0.4, 0.5) is 0 Å². The number of carbonyl (C=O) groups excluding carboxylic acids is 1. The van der Waals surface area contributed by atoms with E-state index in [1.807, 2.05) is 12.1 Å². The molecule has 1 atom stereocenters. The van der Waals surface area contributed by atoms with Crippen LogP contribution in [0, 0.1) is 5.92 Å². The SMILES string of the molecule is O=C(NC1CCC(C(=O)O)CC1)c1ccc(CS(=O)C2CCNCC2)cc1. The molecule has 1 saturated heterocycles. The van der Waals surface area contributed by atoms with E-state index in [4.69, 9.17) is 5.11 Å². The second-order valence-electron chi connectivity index (χ2n) is 7.53. The molecule has 1 heterocycles. The summed E-state index contributed by atoms with van der Waals surface area (Å²) < 4.78 is 12.5. The number of hydrogen-bond donors (Lipinski definition) is 3. The summed E-state index contributed by atoms with van der Waals surface area (Å²) in [5, 5.41) is 15.6. The van der Waals surface area contributed by atoms with Gasteiger partial charge in [-0.05, 0) is 69.3 Å². The first-order valence-corrected chi connectivity index (χ1v) is 11.1. The number of carboxylic acid groups (broad SMARTS) is 1. The van der Waals surface area contributed by atoms with Crippen molar-refractivity contribution < 1.29 is 18.9 Å². The van der Waals surface area contributed by atoms with Gasteiger partial charge in [0.05, 0.1) is 5.92 Å². The zero-order valence-electron chi connectivity index (χ0n) is 15.5. The molecule has 1 aliphatic heterocycles. The van der Waals surface area contributed by atoms with Gasteiger partial charge in [-0.2, -0.15) is 0 Å². The number of rotatable bonds is 6. The Bertz CT molecular complexity index is 678. The number of nitrogens with one attached hydrogen (secondary N) is 2. The third-order valence-electron chi connectivity index (χ3n) is 5.59. The predicted octanol–water partition coefficient (Wildman–Crippen LogP) is 2.06. The Labute approximate surface area is 162 Å². The molecule has 3 rings (SSSR count). The van der Waals surface area contributed by atoms with E-state index in [0.717, 1.165) is 31.5 Å². The fourth-order valence-corrected chi connectivity index (χ4v) is 5.36. The van der Waals surface area contributed by atoms with Crippen LogP contribution in [0.5, 0.6) is 0 Å². The minimum absolute atomic E-state index is 0.0418. The molecule has 148 valence electrons. The second kappa shape index (κ2) is 9.46. The highest BCUT2D eigenvalue weighted by Crippen LogP contribution is 2.24. The Morgan fingerprint density at radius 3 is 2.26 bits per heavy atom. The first-order valence-electron chi connectivity index (χ1n) is 9.73. The van der Waals surface area contributed by atoms with Crippen molar-refractivity contribution in [1.82, 2.24) is 10.6 Å². The number of benzene rings is 1. The fourth-order valence-electron chi connectivity index (χ4n) is 3.85. The maximum atomic E-state index is 12.5. The highest BCUT2D eigenvalue weighted by Gasteiger charge is 2.27. The van der Waals surface area contributed by atoms with E-state index in [2.05, 4.69) is 10.6 Å².